The third-order valence-corrected chi connectivity index (χ3v) is 0.731. The van der Waals surface area contributed by atoms with Crippen molar-refractivity contribution in [1.29, 1.82) is 0 Å². The Morgan fingerprint density at radius 1 is 1.38 bits per heavy atom. The van der Waals surface area contributed by atoms with Crippen LogP contribution in [0.25, 0.3) is 0 Å². The lowest BCUT2D eigenvalue weighted by Gasteiger charge is -2.08. The molecule has 0 fully saturated rings. The molecule has 0 N–H and O–H groups in total. The summed E-state index contributed by atoms with van der Waals surface area (Å²) in [5.41, 5.74) is 0. The molecule has 0 aromatic heterocycles. The number of hydrogen-bond donors (Lipinski definition) is 0. The second-order valence-corrected chi connectivity index (χ2v) is 1.29. The Hall–Kier alpha value is -0.340. The second-order valence-electron chi connectivity index (χ2n) is 1.29. The summed E-state index contributed by atoms with van der Waals surface area (Å²) in [6.07, 6.45) is 1.96. The van der Waals surface area contributed by atoms with Crippen LogP contribution >= 0.6 is 0 Å². The molecule has 2 nitrogen and oxygen atoms in total. The van der Waals surface area contributed by atoms with Crippen molar-refractivity contribution in [3.8, 4) is 0 Å². The fourth-order valence-electron chi connectivity index (χ4n) is 0.320. The maximum absolute atomic E-state index is 4.53. The van der Waals surface area contributed by atoms with Crippen molar-refractivity contribution in [2.24, 2.45) is 0 Å². The summed E-state index contributed by atoms with van der Waals surface area (Å²) < 4.78 is 9.07. The van der Waals surface area contributed by atoms with Gasteiger partial charge >= 0.3 is 0 Å². The molecule has 0 aliphatic rings. The summed E-state index contributed by atoms with van der Waals surface area (Å²) in [6, 6.07) is 0. The molecule has 0 saturated carbocycles. The Morgan fingerprint density at radius 2 is 1.88 bits per heavy atom. The van der Waals surface area contributed by atoms with Gasteiger partial charge in [0.05, 0.1) is 14.2 Å². The molecular formula is C6H10O2. The van der Waals surface area contributed by atoms with Crippen molar-refractivity contribution in [2.75, 3.05) is 0 Å². The van der Waals surface area contributed by atoms with E-state index in [0.717, 1.165) is 0 Å². The van der Waals surface area contributed by atoms with Gasteiger partial charge in [0.1, 0.15) is 0 Å². The summed E-state index contributed by atoms with van der Waals surface area (Å²) in [5.74, 6) is 0. The molecule has 0 unspecified atom stereocenters. The zero-order valence-corrected chi connectivity index (χ0v) is 4.80. The van der Waals surface area contributed by atoms with Gasteiger partial charge in [-0.25, -0.2) is 0 Å². The van der Waals surface area contributed by atoms with Crippen molar-refractivity contribution in [3.05, 3.63) is 26.9 Å². The van der Waals surface area contributed by atoms with Crippen LogP contribution in [0.3, 0.4) is 0 Å². The second kappa shape index (κ2) is 4.81. The Kier molecular flexibility index (Phi) is 4.61. The standard InChI is InChI=1S/C6H10O2/c1-4-5-6(7-2)8-3/h4,6H,1-3,5H2. The van der Waals surface area contributed by atoms with E-state index in [1.807, 2.05) is 0 Å². The molecule has 2 heteroatoms. The normalized spacial score (nSPS) is 9.88. The predicted molar refractivity (Wildman–Crippen MR) is 31.5 cm³/mol. The van der Waals surface area contributed by atoms with Gasteiger partial charge < -0.3 is 9.47 Å². The maximum atomic E-state index is 4.53. The van der Waals surface area contributed by atoms with Crippen LogP contribution in [-0.4, -0.2) is 6.29 Å². The summed E-state index contributed by atoms with van der Waals surface area (Å²) in [6.45, 7) is 3.48. The van der Waals surface area contributed by atoms with E-state index >= 15 is 0 Å². The summed E-state index contributed by atoms with van der Waals surface area (Å²) >= 11 is 0. The highest BCUT2D eigenvalue weighted by Gasteiger charge is 1.98. The Labute approximate surface area is 50.1 Å². The highest BCUT2D eigenvalue weighted by molar-refractivity contribution is 4.68. The van der Waals surface area contributed by atoms with Crippen LogP contribution in [-0.2, 0) is 9.47 Å². The number of hydrogen-bond acceptors (Lipinski definition) is 2. The van der Waals surface area contributed by atoms with Gasteiger partial charge in [-0.2, -0.15) is 0 Å². The molecule has 0 rings (SSSR count). The predicted octanol–water partition coefficient (Wildman–Crippen LogP) is 1.50. The molecule has 0 aliphatic carbocycles. The Balaban J connectivity index is 3.20. The average molecular weight is 114 g/mol. The van der Waals surface area contributed by atoms with Gasteiger partial charge in [0.15, 0.2) is 6.29 Å². The fraction of sp³-hybridized carbons (Fsp3) is 0.333. The maximum Gasteiger partial charge on any atom is 0.161 e. The van der Waals surface area contributed by atoms with Crippen molar-refractivity contribution >= 4 is 0 Å². The zero-order valence-electron chi connectivity index (χ0n) is 4.80. The lowest BCUT2D eigenvalue weighted by atomic mass is 10.4. The quantitative estimate of drug-likeness (QED) is 0.407. The molecule has 0 aromatic rings. The lowest BCUT2D eigenvalue weighted by Crippen LogP contribution is -2.08. The van der Waals surface area contributed by atoms with Crippen LogP contribution in [0, 0.1) is 14.2 Å². The smallest absolute Gasteiger partial charge is 0.161 e. The van der Waals surface area contributed by atoms with Gasteiger partial charge in [0, 0.05) is 6.42 Å². The first-order chi connectivity index (χ1) is 3.85. The van der Waals surface area contributed by atoms with E-state index in [1.54, 1.807) is 6.08 Å². The van der Waals surface area contributed by atoms with E-state index in [4.69, 9.17) is 0 Å². The van der Waals surface area contributed by atoms with Crippen LogP contribution in [0.1, 0.15) is 6.42 Å². The first-order valence-corrected chi connectivity index (χ1v) is 2.27. The minimum Gasteiger partial charge on any atom is -0.350 e. The number of rotatable bonds is 4. The molecular weight excluding hydrogens is 104 g/mol. The van der Waals surface area contributed by atoms with Gasteiger partial charge in [0.2, 0.25) is 0 Å². The van der Waals surface area contributed by atoms with Crippen molar-refractivity contribution in [1.82, 2.24) is 0 Å². The van der Waals surface area contributed by atoms with E-state index in [1.165, 1.54) is 0 Å². The van der Waals surface area contributed by atoms with Crippen molar-refractivity contribution in [3.63, 3.8) is 0 Å². The minimum absolute atomic E-state index is 0.340. The summed E-state index contributed by atoms with van der Waals surface area (Å²) in [7, 11) is 6.33. The molecule has 46 valence electrons. The van der Waals surface area contributed by atoms with E-state index in [-0.39, 0.29) is 6.29 Å². The van der Waals surface area contributed by atoms with E-state index in [0.29, 0.717) is 6.42 Å². The monoisotopic (exact) mass is 114 g/mol. The Morgan fingerprint density at radius 3 is 2.00 bits per heavy atom. The molecule has 0 heterocycles. The molecule has 0 saturated heterocycles. The molecule has 0 atom stereocenters. The molecule has 0 amide bonds. The summed E-state index contributed by atoms with van der Waals surface area (Å²) in [4.78, 5) is 0. The molecule has 8 heavy (non-hydrogen) atoms. The van der Waals surface area contributed by atoms with Crippen LogP contribution in [0.5, 0.6) is 0 Å². The van der Waals surface area contributed by atoms with E-state index < -0.39 is 0 Å². The average Bonchev–Trinajstić information content (AvgIpc) is 1.83. The lowest BCUT2D eigenvalue weighted by molar-refractivity contribution is -0.0646. The number of ether oxygens (including phenoxy) is 2. The van der Waals surface area contributed by atoms with Gasteiger partial charge in [0.25, 0.3) is 0 Å². The zero-order chi connectivity index (χ0) is 6.41. The fourth-order valence-corrected chi connectivity index (χ4v) is 0.320. The molecule has 0 bridgehead atoms. The topological polar surface area (TPSA) is 18.5 Å². The highest BCUT2D eigenvalue weighted by Crippen LogP contribution is 1.97. The highest BCUT2D eigenvalue weighted by atomic mass is 16.7. The first-order valence-electron chi connectivity index (χ1n) is 2.27. The van der Waals surface area contributed by atoms with Crippen LogP contribution in [0.15, 0.2) is 12.7 Å². The van der Waals surface area contributed by atoms with E-state index in [2.05, 4.69) is 30.3 Å². The van der Waals surface area contributed by atoms with Gasteiger partial charge in [-0.05, 0) is 0 Å². The van der Waals surface area contributed by atoms with Crippen LogP contribution < -0.4 is 0 Å². The molecule has 0 spiro atoms. The third kappa shape index (κ3) is 2.77. The van der Waals surface area contributed by atoms with Crippen molar-refractivity contribution in [2.45, 2.75) is 12.7 Å². The third-order valence-electron chi connectivity index (χ3n) is 0.731. The van der Waals surface area contributed by atoms with Crippen molar-refractivity contribution < 1.29 is 9.47 Å². The molecule has 0 aromatic carbocycles. The molecule has 0 aliphatic heterocycles. The molecule has 2 radical (unpaired) electrons. The van der Waals surface area contributed by atoms with Crippen LogP contribution in [0.2, 0.25) is 0 Å². The van der Waals surface area contributed by atoms with E-state index in [9.17, 15) is 0 Å². The van der Waals surface area contributed by atoms with Gasteiger partial charge in [-0.15, -0.1) is 6.58 Å². The first kappa shape index (κ1) is 7.66. The van der Waals surface area contributed by atoms with Crippen LogP contribution in [0.4, 0.5) is 0 Å². The largest absolute Gasteiger partial charge is 0.350 e. The van der Waals surface area contributed by atoms with Gasteiger partial charge in [-0.1, -0.05) is 6.08 Å². The minimum atomic E-state index is -0.340. The summed E-state index contributed by atoms with van der Waals surface area (Å²) in [5, 5.41) is 0. The Bertz CT molecular complexity index is 57.5. The SMILES string of the molecule is [CH2]OC(CC=C)O[CH2]. The van der Waals surface area contributed by atoms with Gasteiger partial charge in [-0.3, -0.25) is 0 Å².